The lowest BCUT2D eigenvalue weighted by Crippen LogP contribution is -2.80. The predicted molar refractivity (Wildman–Crippen MR) is 91.5 cm³/mol. The van der Waals surface area contributed by atoms with Gasteiger partial charge in [0.1, 0.15) is 11.1 Å². The third-order valence-corrected chi connectivity index (χ3v) is 5.74. The monoisotopic (exact) mass is 362 g/mol. The van der Waals surface area contributed by atoms with E-state index in [4.69, 9.17) is 4.74 Å². The Morgan fingerprint density at radius 3 is 2.68 bits per heavy atom. The van der Waals surface area contributed by atoms with Crippen LogP contribution in [0.4, 0.5) is 0 Å². The van der Waals surface area contributed by atoms with Gasteiger partial charge in [-0.2, -0.15) is 0 Å². The predicted octanol–water partition coefficient (Wildman–Crippen LogP) is 0.962. The molecule has 1 aromatic carbocycles. The van der Waals surface area contributed by atoms with Gasteiger partial charge in [0.2, 0.25) is 5.91 Å². The molecule has 0 spiro atoms. The first-order valence-electron chi connectivity index (χ1n) is 7.69. The summed E-state index contributed by atoms with van der Waals surface area (Å²) in [5.41, 5.74) is -0.132. The van der Waals surface area contributed by atoms with Crippen molar-refractivity contribution in [3.05, 3.63) is 47.2 Å². The van der Waals surface area contributed by atoms with E-state index in [1.165, 1.54) is 23.8 Å². The molecule has 2 heterocycles. The Morgan fingerprint density at radius 1 is 1.40 bits per heavy atom. The molecule has 2 aliphatic rings. The first kappa shape index (κ1) is 17.5. The Kier molecular flexibility index (Phi) is 4.57. The number of benzene rings is 1. The lowest BCUT2D eigenvalue weighted by Gasteiger charge is -2.55. The number of fused-ring (bicyclic) bond motifs is 1. The van der Waals surface area contributed by atoms with Crippen molar-refractivity contribution in [3.8, 4) is 0 Å². The molecule has 1 saturated heterocycles. The van der Waals surface area contributed by atoms with Gasteiger partial charge in [-0.05, 0) is 18.1 Å². The van der Waals surface area contributed by atoms with Crippen LogP contribution in [-0.2, 0) is 25.5 Å². The first-order chi connectivity index (χ1) is 11.9. The molecule has 1 fully saturated rings. The van der Waals surface area contributed by atoms with Gasteiger partial charge < -0.3 is 15.2 Å². The quantitative estimate of drug-likeness (QED) is 0.598. The summed E-state index contributed by atoms with van der Waals surface area (Å²) in [6, 6.07) is 9.14. The number of carbonyl (C=O) groups is 3. The third-order valence-electron chi connectivity index (χ3n) is 4.28. The van der Waals surface area contributed by atoms with Crippen LogP contribution in [0.3, 0.4) is 0 Å². The van der Waals surface area contributed by atoms with Crippen LogP contribution in [0.2, 0.25) is 0 Å². The Bertz CT molecular complexity index is 764. The third kappa shape index (κ3) is 2.81. The van der Waals surface area contributed by atoms with Gasteiger partial charge >= 0.3 is 5.97 Å². The second-order valence-electron chi connectivity index (χ2n) is 5.92. The van der Waals surface area contributed by atoms with Crippen LogP contribution in [0, 0.1) is 0 Å². The lowest BCUT2D eigenvalue weighted by molar-refractivity contribution is -0.192. The van der Waals surface area contributed by atoms with E-state index in [1.807, 2.05) is 30.3 Å². The highest BCUT2D eigenvalue weighted by molar-refractivity contribution is 8.00. The molecule has 2 N–H and O–H groups in total. The smallest absolute Gasteiger partial charge is 0.352 e. The number of aliphatic carboxylic acids is 1. The molecule has 0 radical (unpaired) electrons. The van der Waals surface area contributed by atoms with Crippen molar-refractivity contribution in [2.75, 3.05) is 12.9 Å². The Balaban J connectivity index is 1.80. The second-order valence-corrected chi connectivity index (χ2v) is 6.99. The SMILES string of the molecule is COC1(NC(=O)Cc2ccccc2)C(=O)N2C(C(=O)O)=C(C)CS[C@H]21. The topological polar surface area (TPSA) is 95.9 Å². The summed E-state index contributed by atoms with van der Waals surface area (Å²) >= 11 is 1.37. The van der Waals surface area contributed by atoms with Crippen LogP contribution < -0.4 is 5.32 Å². The molecule has 3 rings (SSSR count). The summed E-state index contributed by atoms with van der Waals surface area (Å²) in [5, 5.41) is 11.4. The minimum atomic E-state index is -1.53. The number of nitrogens with zero attached hydrogens (tertiary/aromatic N) is 1. The standard InChI is InChI=1S/C17H18N2O5S/c1-10-9-25-16-17(24-2,15(23)19(16)13(10)14(21)22)18-12(20)8-11-6-4-3-5-7-11/h3-7,16H,8-9H2,1-2H3,(H,18,20)(H,21,22)/t16-,17?/m0/s1. The molecule has 7 nitrogen and oxygen atoms in total. The number of nitrogens with one attached hydrogen (secondary N) is 1. The average Bonchev–Trinajstić information content (AvgIpc) is 2.59. The van der Waals surface area contributed by atoms with Gasteiger partial charge in [-0.1, -0.05) is 30.3 Å². The molecule has 0 aliphatic carbocycles. The van der Waals surface area contributed by atoms with E-state index in [2.05, 4.69) is 5.32 Å². The fraction of sp³-hybridized carbons (Fsp3) is 0.353. The molecule has 0 saturated carbocycles. The van der Waals surface area contributed by atoms with Crippen LogP contribution >= 0.6 is 11.8 Å². The number of hydrogen-bond acceptors (Lipinski definition) is 5. The van der Waals surface area contributed by atoms with E-state index in [9.17, 15) is 19.5 Å². The van der Waals surface area contributed by atoms with Crippen LogP contribution in [0.5, 0.6) is 0 Å². The summed E-state index contributed by atoms with van der Waals surface area (Å²) in [7, 11) is 1.34. The summed E-state index contributed by atoms with van der Waals surface area (Å²) in [6.07, 6.45) is 0.108. The summed E-state index contributed by atoms with van der Waals surface area (Å²) in [6.45, 7) is 1.68. The number of rotatable bonds is 5. The van der Waals surface area contributed by atoms with E-state index in [0.29, 0.717) is 11.3 Å². The fourth-order valence-corrected chi connectivity index (χ4v) is 4.45. The van der Waals surface area contributed by atoms with Gasteiger partial charge in [0.05, 0.1) is 6.42 Å². The molecule has 132 valence electrons. The number of ether oxygens (including phenoxy) is 1. The molecule has 25 heavy (non-hydrogen) atoms. The Morgan fingerprint density at radius 2 is 2.08 bits per heavy atom. The molecule has 2 atom stereocenters. The number of hydrogen-bond donors (Lipinski definition) is 2. The van der Waals surface area contributed by atoms with Crippen molar-refractivity contribution >= 4 is 29.5 Å². The average molecular weight is 362 g/mol. The molecule has 8 heteroatoms. The van der Waals surface area contributed by atoms with E-state index < -0.39 is 23.0 Å². The molecule has 0 bridgehead atoms. The van der Waals surface area contributed by atoms with Crippen LogP contribution in [0.25, 0.3) is 0 Å². The van der Waals surface area contributed by atoms with Crippen molar-refractivity contribution in [3.63, 3.8) is 0 Å². The highest BCUT2D eigenvalue weighted by atomic mass is 32.2. The van der Waals surface area contributed by atoms with Crippen molar-refractivity contribution in [1.82, 2.24) is 10.2 Å². The lowest BCUT2D eigenvalue weighted by atomic mass is 9.98. The van der Waals surface area contributed by atoms with E-state index in [0.717, 1.165) is 5.56 Å². The van der Waals surface area contributed by atoms with Crippen molar-refractivity contribution < 1.29 is 24.2 Å². The molecule has 2 aliphatic heterocycles. The van der Waals surface area contributed by atoms with E-state index in [1.54, 1.807) is 6.92 Å². The maximum Gasteiger partial charge on any atom is 0.352 e. The number of carboxylic acids is 1. The summed E-state index contributed by atoms with van der Waals surface area (Å²) in [5.74, 6) is -1.62. The molecular weight excluding hydrogens is 344 g/mol. The Hall–Kier alpha value is -2.32. The number of β-lactam (4-membered cyclic amide) rings is 1. The number of amides is 2. The fourth-order valence-electron chi connectivity index (χ4n) is 3.07. The van der Waals surface area contributed by atoms with Crippen LogP contribution in [0.15, 0.2) is 41.6 Å². The van der Waals surface area contributed by atoms with Gasteiger partial charge in [-0.25, -0.2) is 4.79 Å². The number of thioether (sulfide) groups is 1. The van der Waals surface area contributed by atoms with Gasteiger partial charge in [0.15, 0.2) is 0 Å². The normalized spacial score (nSPS) is 25.3. The van der Waals surface area contributed by atoms with Crippen LogP contribution in [-0.4, -0.2) is 51.8 Å². The minimum Gasteiger partial charge on any atom is -0.477 e. The molecular formula is C17H18N2O5S. The van der Waals surface area contributed by atoms with Gasteiger partial charge in [-0.3, -0.25) is 14.5 Å². The van der Waals surface area contributed by atoms with Crippen molar-refractivity contribution in [1.29, 1.82) is 0 Å². The van der Waals surface area contributed by atoms with Gasteiger partial charge in [-0.15, -0.1) is 11.8 Å². The second kappa shape index (κ2) is 6.53. The van der Waals surface area contributed by atoms with E-state index in [-0.39, 0.29) is 18.0 Å². The van der Waals surface area contributed by atoms with Crippen LogP contribution in [0.1, 0.15) is 12.5 Å². The number of carbonyl (C=O) groups excluding carboxylic acids is 2. The Labute approximate surface area is 149 Å². The van der Waals surface area contributed by atoms with Crippen molar-refractivity contribution in [2.45, 2.75) is 24.4 Å². The maximum atomic E-state index is 12.7. The van der Waals surface area contributed by atoms with Crippen molar-refractivity contribution in [2.24, 2.45) is 0 Å². The summed E-state index contributed by atoms with van der Waals surface area (Å²) < 4.78 is 5.37. The van der Waals surface area contributed by atoms with Gasteiger partial charge in [0, 0.05) is 12.9 Å². The number of carboxylic acid groups (broad SMARTS) is 1. The first-order valence-corrected chi connectivity index (χ1v) is 8.74. The highest BCUT2D eigenvalue weighted by Crippen LogP contribution is 2.46. The largest absolute Gasteiger partial charge is 0.477 e. The molecule has 0 aromatic heterocycles. The molecule has 2 amide bonds. The minimum absolute atomic E-state index is 0.0290. The molecule has 1 aromatic rings. The maximum absolute atomic E-state index is 12.7. The zero-order chi connectivity index (χ0) is 18.2. The number of methoxy groups -OCH3 is 1. The highest BCUT2D eigenvalue weighted by Gasteiger charge is 2.66. The van der Waals surface area contributed by atoms with E-state index >= 15 is 0 Å². The summed E-state index contributed by atoms with van der Waals surface area (Å²) in [4.78, 5) is 37.7. The van der Waals surface area contributed by atoms with Gasteiger partial charge in [0.25, 0.3) is 11.6 Å². The zero-order valence-corrected chi connectivity index (χ0v) is 14.6. The zero-order valence-electron chi connectivity index (χ0n) is 13.8. The molecule has 1 unspecified atom stereocenters.